The zero-order valence-corrected chi connectivity index (χ0v) is 17.4. The highest BCUT2D eigenvalue weighted by Gasteiger charge is 2.30. The zero-order valence-electron chi connectivity index (χ0n) is 16.6. The monoisotopic (exact) mass is 420 g/mol. The molecule has 29 heavy (non-hydrogen) atoms. The molecule has 0 bridgehead atoms. The first kappa shape index (κ1) is 20.2. The molecule has 0 unspecified atom stereocenters. The van der Waals surface area contributed by atoms with Gasteiger partial charge in [0.15, 0.2) is 5.03 Å². The predicted molar refractivity (Wildman–Crippen MR) is 106 cm³/mol. The normalized spacial score (nSPS) is 18.9. The molecule has 0 N–H and O–H groups in total. The van der Waals surface area contributed by atoms with Gasteiger partial charge in [-0.05, 0) is 37.8 Å². The van der Waals surface area contributed by atoms with Crippen LogP contribution in [0.2, 0.25) is 0 Å². The Kier molecular flexibility index (Phi) is 6.05. The van der Waals surface area contributed by atoms with Gasteiger partial charge >= 0.3 is 0 Å². The maximum absolute atomic E-state index is 13.1. The Morgan fingerprint density at radius 3 is 2.62 bits per heavy atom. The van der Waals surface area contributed by atoms with Crippen LogP contribution < -0.4 is 0 Å². The fourth-order valence-electron chi connectivity index (χ4n) is 4.25. The fourth-order valence-corrected chi connectivity index (χ4v) is 5.70. The van der Waals surface area contributed by atoms with Crippen molar-refractivity contribution in [2.24, 2.45) is 0 Å². The Morgan fingerprint density at radius 1 is 1.17 bits per heavy atom. The molecular weight excluding hydrogens is 392 g/mol. The molecule has 158 valence electrons. The van der Waals surface area contributed by atoms with E-state index >= 15 is 0 Å². The number of hydrogen-bond donors (Lipinski definition) is 0. The number of hydrogen-bond acceptors (Lipinski definition) is 5. The Morgan fingerprint density at radius 2 is 1.93 bits per heavy atom. The third-order valence-corrected chi connectivity index (χ3v) is 7.62. The summed E-state index contributed by atoms with van der Waals surface area (Å²) < 4.78 is 33.8. The van der Waals surface area contributed by atoms with Crippen LogP contribution in [-0.4, -0.2) is 52.2 Å². The van der Waals surface area contributed by atoms with E-state index in [1.807, 2.05) is 17.0 Å². The van der Waals surface area contributed by atoms with Gasteiger partial charge in [0.05, 0.1) is 19.1 Å². The predicted octanol–water partition coefficient (Wildman–Crippen LogP) is 2.62. The Hall–Kier alpha value is -2.13. The van der Waals surface area contributed by atoms with Gasteiger partial charge in [-0.25, -0.2) is 13.4 Å². The molecule has 1 amide bonds. The van der Waals surface area contributed by atoms with Crippen molar-refractivity contribution in [3.8, 4) is 0 Å². The molecule has 1 aliphatic heterocycles. The van der Waals surface area contributed by atoms with E-state index in [0.29, 0.717) is 19.6 Å². The SMILES string of the molecule is O=C(Cn1cnc(S(=O)(=O)N2CCCC2)c1)N(Cc1ccco1)C1CCCCC1. The maximum Gasteiger partial charge on any atom is 0.262 e. The Bertz CT molecular complexity index is 910. The fraction of sp³-hybridized carbons (Fsp3) is 0.600. The van der Waals surface area contributed by atoms with E-state index in [-0.39, 0.29) is 23.5 Å². The van der Waals surface area contributed by atoms with Crippen LogP contribution in [0.4, 0.5) is 0 Å². The van der Waals surface area contributed by atoms with Crippen molar-refractivity contribution in [3.63, 3.8) is 0 Å². The van der Waals surface area contributed by atoms with E-state index in [4.69, 9.17) is 4.42 Å². The molecule has 0 atom stereocenters. The molecule has 9 heteroatoms. The molecule has 2 aromatic rings. The second kappa shape index (κ2) is 8.71. The second-order valence-electron chi connectivity index (χ2n) is 7.89. The standard InChI is InChI=1S/C20H28N4O4S/c25-20(24(13-18-9-6-12-28-18)17-7-2-1-3-8-17)15-22-14-19(21-16-22)29(26,27)23-10-4-5-11-23/h6,9,12,14,16-17H,1-5,7-8,10-11,13,15H2. The van der Waals surface area contributed by atoms with Gasteiger partial charge in [-0.15, -0.1) is 0 Å². The van der Waals surface area contributed by atoms with Gasteiger partial charge in [-0.2, -0.15) is 4.31 Å². The van der Waals surface area contributed by atoms with Crippen LogP contribution in [0.25, 0.3) is 0 Å². The van der Waals surface area contributed by atoms with Gasteiger partial charge in [0.2, 0.25) is 5.91 Å². The van der Waals surface area contributed by atoms with Gasteiger partial charge in [0, 0.05) is 25.3 Å². The molecule has 0 radical (unpaired) electrons. The van der Waals surface area contributed by atoms with Crippen molar-refractivity contribution < 1.29 is 17.6 Å². The number of sulfonamides is 1. The number of furan rings is 1. The number of carbonyl (C=O) groups excluding carboxylic acids is 1. The lowest BCUT2D eigenvalue weighted by Crippen LogP contribution is -2.42. The third-order valence-electron chi connectivity index (χ3n) is 5.84. The highest BCUT2D eigenvalue weighted by atomic mass is 32.2. The number of amides is 1. The van der Waals surface area contributed by atoms with Crippen LogP contribution in [0.1, 0.15) is 50.7 Å². The summed E-state index contributed by atoms with van der Waals surface area (Å²) in [6.45, 7) is 1.57. The minimum Gasteiger partial charge on any atom is -0.467 e. The minimum absolute atomic E-state index is 0.0162. The highest BCUT2D eigenvalue weighted by Crippen LogP contribution is 2.25. The van der Waals surface area contributed by atoms with Gasteiger partial charge in [0.25, 0.3) is 10.0 Å². The molecular formula is C20H28N4O4S. The van der Waals surface area contributed by atoms with Crippen LogP contribution in [-0.2, 0) is 27.9 Å². The van der Waals surface area contributed by atoms with Gasteiger partial charge in [0.1, 0.15) is 12.3 Å². The van der Waals surface area contributed by atoms with Crippen molar-refractivity contribution >= 4 is 15.9 Å². The van der Waals surface area contributed by atoms with E-state index in [2.05, 4.69) is 4.98 Å². The van der Waals surface area contributed by atoms with Crippen molar-refractivity contribution in [3.05, 3.63) is 36.7 Å². The molecule has 1 aliphatic carbocycles. The summed E-state index contributed by atoms with van der Waals surface area (Å²) in [6.07, 6.45) is 11.7. The summed E-state index contributed by atoms with van der Waals surface area (Å²) in [5, 5.41) is 0.0162. The van der Waals surface area contributed by atoms with Crippen LogP contribution >= 0.6 is 0 Å². The van der Waals surface area contributed by atoms with Crippen LogP contribution in [0.5, 0.6) is 0 Å². The van der Waals surface area contributed by atoms with Crippen molar-refractivity contribution in [2.45, 2.75) is 69.1 Å². The molecule has 2 aliphatic rings. The first-order chi connectivity index (χ1) is 14.0. The summed E-state index contributed by atoms with van der Waals surface area (Å²) in [7, 11) is -3.57. The Balaban J connectivity index is 1.47. The van der Waals surface area contributed by atoms with Crippen LogP contribution in [0.15, 0.2) is 40.4 Å². The number of nitrogens with zero attached hydrogens (tertiary/aromatic N) is 4. The lowest BCUT2D eigenvalue weighted by Gasteiger charge is -2.34. The number of aromatic nitrogens is 2. The molecule has 0 spiro atoms. The quantitative estimate of drug-likeness (QED) is 0.687. The van der Waals surface area contributed by atoms with Crippen molar-refractivity contribution in [2.75, 3.05) is 13.1 Å². The van der Waals surface area contributed by atoms with Crippen LogP contribution in [0.3, 0.4) is 0 Å². The summed E-state index contributed by atoms with van der Waals surface area (Å²) in [5.74, 6) is 0.711. The number of imidazole rings is 1. The maximum atomic E-state index is 13.1. The van der Waals surface area contributed by atoms with E-state index in [9.17, 15) is 13.2 Å². The topological polar surface area (TPSA) is 88.6 Å². The van der Waals surface area contributed by atoms with Gasteiger partial charge in [-0.1, -0.05) is 19.3 Å². The third kappa shape index (κ3) is 4.56. The number of rotatable bonds is 7. The first-order valence-electron chi connectivity index (χ1n) is 10.4. The molecule has 0 aromatic carbocycles. The minimum atomic E-state index is -3.57. The lowest BCUT2D eigenvalue weighted by atomic mass is 9.94. The molecule has 4 rings (SSSR count). The smallest absolute Gasteiger partial charge is 0.262 e. The summed E-state index contributed by atoms with van der Waals surface area (Å²) in [4.78, 5) is 19.1. The van der Waals surface area contributed by atoms with E-state index in [1.54, 1.807) is 10.8 Å². The highest BCUT2D eigenvalue weighted by molar-refractivity contribution is 7.89. The van der Waals surface area contributed by atoms with E-state index < -0.39 is 10.0 Å². The largest absolute Gasteiger partial charge is 0.467 e. The zero-order chi connectivity index (χ0) is 20.3. The van der Waals surface area contributed by atoms with Crippen molar-refractivity contribution in [1.82, 2.24) is 18.8 Å². The average Bonchev–Trinajstić information content (AvgIpc) is 3.49. The van der Waals surface area contributed by atoms with E-state index in [0.717, 1.165) is 44.3 Å². The van der Waals surface area contributed by atoms with Crippen molar-refractivity contribution in [1.29, 1.82) is 0 Å². The molecule has 1 saturated heterocycles. The summed E-state index contributed by atoms with van der Waals surface area (Å²) in [6, 6.07) is 3.89. The lowest BCUT2D eigenvalue weighted by molar-refractivity contribution is -0.136. The summed E-state index contributed by atoms with van der Waals surface area (Å²) >= 11 is 0. The molecule has 3 heterocycles. The molecule has 8 nitrogen and oxygen atoms in total. The molecule has 1 saturated carbocycles. The molecule has 2 fully saturated rings. The Labute approximate surface area is 171 Å². The van der Waals surface area contributed by atoms with Crippen LogP contribution in [0, 0.1) is 0 Å². The average molecular weight is 421 g/mol. The van der Waals surface area contributed by atoms with Gasteiger partial charge in [-0.3, -0.25) is 4.79 Å². The number of carbonyl (C=O) groups is 1. The molecule has 2 aromatic heterocycles. The second-order valence-corrected chi connectivity index (χ2v) is 9.77. The van der Waals surface area contributed by atoms with Gasteiger partial charge < -0.3 is 13.9 Å². The first-order valence-corrected chi connectivity index (χ1v) is 11.8. The summed E-state index contributed by atoms with van der Waals surface area (Å²) in [5.41, 5.74) is 0. The van der Waals surface area contributed by atoms with E-state index in [1.165, 1.54) is 23.3 Å².